The van der Waals surface area contributed by atoms with E-state index in [1.54, 1.807) is 6.92 Å². The summed E-state index contributed by atoms with van der Waals surface area (Å²) in [7, 11) is -4.10. The fourth-order valence-corrected chi connectivity index (χ4v) is 3.64. The van der Waals surface area contributed by atoms with Gasteiger partial charge in [-0.2, -0.15) is 13.2 Å². The zero-order chi connectivity index (χ0) is 20.4. The second kappa shape index (κ2) is 7.98. The van der Waals surface area contributed by atoms with Crippen molar-refractivity contribution in [3.63, 3.8) is 0 Å². The molecule has 1 aromatic carbocycles. The molecule has 0 fully saturated rings. The molecule has 0 aliphatic rings. The highest BCUT2D eigenvalue weighted by Gasteiger charge is 2.30. The first kappa shape index (κ1) is 21.4. The van der Waals surface area contributed by atoms with Crippen molar-refractivity contribution >= 4 is 21.6 Å². The van der Waals surface area contributed by atoms with Gasteiger partial charge < -0.3 is 4.74 Å². The molecule has 13 heteroatoms. The van der Waals surface area contributed by atoms with Crippen LogP contribution >= 0.6 is 11.6 Å². The van der Waals surface area contributed by atoms with E-state index in [1.807, 2.05) is 0 Å². The van der Waals surface area contributed by atoms with Crippen molar-refractivity contribution in [3.8, 4) is 6.01 Å². The summed E-state index contributed by atoms with van der Waals surface area (Å²) in [6.45, 7) is 1.62. The van der Waals surface area contributed by atoms with Gasteiger partial charge in [-0.15, -0.1) is 5.10 Å². The SMILES string of the molecule is CCn1c(OCC(F)(F)F)nnc1[C@@H](C)NS(=O)(=O)c1ccc(F)c(Cl)c1. The molecule has 0 saturated heterocycles. The molecule has 2 aromatic rings. The van der Waals surface area contributed by atoms with Crippen LogP contribution in [0, 0.1) is 5.82 Å². The highest BCUT2D eigenvalue weighted by atomic mass is 35.5. The first-order valence-corrected chi connectivity index (χ1v) is 9.40. The maximum absolute atomic E-state index is 13.2. The lowest BCUT2D eigenvalue weighted by Crippen LogP contribution is -2.29. The molecule has 1 N–H and O–H groups in total. The van der Waals surface area contributed by atoms with Crippen LogP contribution in [0.5, 0.6) is 6.01 Å². The fraction of sp³-hybridized carbons (Fsp3) is 0.429. The van der Waals surface area contributed by atoms with Gasteiger partial charge in [0.25, 0.3) is 0 Å². The minimum absolute atomic E-state index is 0.0476. The topological polar surface area (TPSA) is 86.1 Å². The molecule has 0 aliphatic carbocycles. The Labute approximate surface area is 157 Å². The summed E-state index contributed by atoms with van der Waals surface area (Å²) in [5.74, 6) is -0.729. The summed E-state index contributed by atoms with van der Waals surface area (Å²) >= 11 is 5.59. The number of benzene rings is 1. The van der Waals surface area contributed by atoms with Gasteiger partial charge in [0.15, 0.2) is 12.4 Å². The molecule has 1 atom stereocenters. The third-order valence-electron chi connectivity index (χ3n) is 3.35. The highest BCUT2D eigenvalue weighted by molar-refractivity contribution is 7.89. The minimum Gasteiger partial charge on any atom is -0.454 e. The van der Waals surface area contributed by atoms with Gasteiger partial charge in [-0.3, -0.25) is 4.57 Å². The zero-order valence-corrected chi connectivity index (χ0v) is 15.7. The monoisotopic (exact) mass is 430 g/mol. The van der Waals surface area contributed by atoms with Crippen molar-refractivity contribution in [1.82, 2.24) is 19.5 Å². The maximum Gasteiger partial charge on any atom is 0.422 e. The van der Waals surface area contributed by atoms with Gasteiger partial charge in [-0.25, -0.2) is 17.5 Å². The lowest BCUT2D eigenvalue weighted by Gasteiger charge is -2.16. The van der Waals surface area contributed by atoms with Crippen molar-refractivity contribution < 1.29 is 30.7 Å². The van der Waals surface area contributed by atoms with Crippen LogP contribution in [0.25, 0.3) is 0 Å². The van der Waals surface area contributed by atoms with Gasteiger partial charge in [-0.05, 0) is 32.0 Å². The van der Waals surface area contributed by atoms with Crippen LogP contribution in [0.1, 0.15) is 25.7 Å². The van der Waals surface area contributed by atoms with Crippen LogP contribution in [0.15, 0.2) is 23.1 Å². The first-order valence-electron chi connectivity index (χ1n) is 7.54. The van der Waals surface area contributed by atoms with E-state index in [4.69, 9.17) is 11.6 Å². The lowest BCUT2D eigenvalue weighted by molar-refractivity contribution is -0.155. The summed E-state index contributed by atoms with van der Waals surface area (Å²) in [6.07, 6.45) is -4.56. The van der Waals surface area contributed by atoms with Crippen LogP contribution in [0.4, 0.5) is 17.6 Å². The Hall–Kier alpha value is -1.92. The summed E-state index contributed by atoms with van der Waals surface area (Å²) < 4.78 is 83.0. The number of hydrogen-bond acceptors (Lipinski definition) is 5. The average Bonchev–Trinajstić information content (AvgIpc) is 2.97. The molecule has 2 rings (SSSR count). The normalized spacial score (nSPS) is 13.6. The van der Waals surface area contributed by atoms with Gasteiger partial charge in [-0.1, -0.05) is 16.7 Å². The van der Waals surface area contributed by atoms with E-state index in [1.165, 1.54) is 11.5 Å². The molecular formula is C14H15ClF4N4O3S. The van der Waals surface area contributed by atoms with E-state index >= 15 is 0 Å². The van der Waals surface area contributed by atoms with Crippen LogP contribution in [-0.4, -0.2) is 36.0 Å². The number of ether oxygens (including phenoxy) is 1. The summed E-state index contributed by atoms with van der Waals surface area (Å²) in [6, 6.07) is 1.52. The molecule has 0 bridgehead atoms. The third-order valence-corrected chi connectivity index (χ3v) is 5.18. The van der Waals surface area contributed by atoms with Crippen LogP contribution in [-0.2, 0) is 16.6 Å². The van der Waals surface area contributed by atoms with Gasteiger partial charge in [0, 0.05) is 6.54 Å². The van der Waals surface area contributed by atoms with Gasteiger partial charge >= 0.3 is 12.2 Å². The molecule has 7 nitrogen and oxygen atoms in total. The average molecular weight is 431 g/mol. The molecular weight excluding hydrogens is 416 g/mol. The molecule has 0 aliphatic heterocycles. The van der Waals surface area contributed by atoms with Crippen LogP contribution in [0.3, 0.4) is 0 Å². The van der Waals surface area contributed by atoms with Crippen molar-refractivity contribution in [3.05, 3.63) is 34.9 Å². The number of sulfonamides is 1. The van der Waals surface area contributed by atoms with Crippen LogP contribution in [0.2, 0.25) is 5.02 Å². The number of nitrogens with zero attached hydrogens (tertiary/aromatic N) is 3. The van der Waals surface area contributed by atoms with E-state index in [0.29, 0.717) is 0 Å². The van der Waals surface area contributed by atoms with Gasteiger partial charge in [0.05, 0.1) is 16.0 Å². The van der Waals surface area contributed by atoms with Gasteiger partial charge in [0.1, 0.15) is 5.82 Å². The number of halogens is 5. The Bertz CT molecular complexity index is 918. The van der Waals surface area contributed by atoms with Crippen molar-refractivity contribution in [2.45, 2.75) is 37.5 Å². The zero-order valence-electron chi connectivity index (χ0n) is 14.1. The molecule has 0 unspecified atom stereocenters. The number of alkyl halides is 3. The first-order chi connectivity index (χ1) is 12.4. The molecule has 0 spiro atoms. The van der Waals surface area contributed by atoms with Crippen molar-refractivity contribution in [2.75, 3.05) is 6.61 Å². The number of aromatic nitrogens is 3. The van der Waals surface area contributed by atoms with E-state index in [9.17, 15) is 26.0 Å². The molecule has 1 heterocycles. The Morgan fingerprint density at radius 3 is 2.56 bits per heavy atom. The summed E-state index contributed by atoms with van der Waals surface area (Å²) in [5, 5.41) is 6.86. The second-order valence-electron chi connectivity index (χ2n) is 5.41. The molecule has 0 radical (unpaired) electrons. The Kier molecular flexibility index (Phi) is 6.32. The van der Waals surface area contributed by atoms with E-state index in [0.717, 1.165) is 18.2 Å². The van der Waals surface area contributed by atoms with Gasteiger partial charge in [0.2, 0.25) is 10.0 Å². The number of hydrogen-bond donors (Lipinski definition) is 1. The molecule has 1 aromatic heterocycles. The van der Waals surface area contributed by atoms with Crippen molar-refractivity contribution in [2.24, 2.45) is 0 Å². The molecule has 0 amide bonds. The van der Waals surface area contributed by atoms with E-state index < -0.39 is 34.7 Å². The Morgan fingerprint density at radius 2 is 2.00 bits per heavy atom. The second-order valence-corrected chi connectivity index (χ2v) is 7.53. The van der Waals surface area contributed by atoms with E-state index in [-0.39, 0.29) is 28.3 Å². The number of nitrogens with one attached hydrogen (secondary N) is 1. The van der Waals surface area contributed by atoms with E-state index in [2.05, 4.69) is 19.7 Å². The standard InChI is InChI=1S/C14H15ClF4N4O3S/c1-3-23-12(20-21-13(23)26-7-14(17,18)19)8(2)22-27(24,25)9-4-5-11(16)10(15)6-9/h4-6,8,22H,3,7H2,1-2H3/t8-/m1/s1. The number of rotatable bonds is 7. The maximum atomic E-state index is 13.2. The molecule has 150 valence electrons. The van der Waals surface area contributed by atoms with Crippen LogP contribution < -0.4 is 9.46 Å². The third kappa shape index (κ3) is 5.30. The smallest absolute Gasteiger partial charge is 0.422 e. The largest absolute Gasteiger partial charge is 0.454 e. The predicted molar refractivity (Wildman–Crippen MR) is 87.4 cm³/mol. The Balaban J connectivity index is 2.23. The Morgan fingerprint density at radius 1 is 1.33 bits per heavy atom. The fourth-order valence-electron chi connectivity index (χ4n) is 2.17. The van der Waals surface area contributed by atoms with Crippen molar-refractivity contribution in [1.29, 1.82) is 0 Å². The molecule has 0 saturated carbocycles. The quantitative estimate of drug-likeness (QED) is 0.682. The molecule has 27 heavy (non-hydrogen) atoms. The minimum atomic E-state index is -4.56. The predicted octanol–water partition coefficient (Wildman–Crippen LogP) is 3.07. The highest BCUT2D eigenvalue weighted by Crippen LogP contribution is 2.23. The lowest BCUT2D eigenvalue weighted by atomic mass is 10.3. The summed E-state index contributed by atoms with van der Waals surface area (Å²) in [5.41, 5.74) is 0. The summed E-state index contributed by atoms with van der Waals surface area (Å²) in [4.78, 5) is -0.281.